The molecule has 1 heterocycles. The first-order chi connectivity index (χ1) is 17.5. The lowest BCUT2D eigenvalue weighted by molar-refractivity contribution is -0.113. The number of benzene rings is 4. The van der Waals surface area contributed by atoms with E-state index in [-0.39, 0.29) is 5.91 Å². The maximum absolute atomic E-state index is 13.2. The Morgan fingerprint density at radius 3 is 2.58 bits per heavy atom. The number of para-hydroxylation sites is 1. The highest BCUT2D eigenvalue weighted by Gasteiger charge is 2.34. The van der Waals surface area contributed by atoms with E-state index in [1.165, 1.54) is 17.1 Å². The van der Waals surface area contributed by atoms with Gasteiger partial charge in [-0.2, -0.15) is 0 Å². The monoisotopic (exact) mass is 575 g/mol. The van der Waals surface area contributed by atoms with Gasteiger partial charge in [0.2, 0.25) is 0 Å². The van der Waals surface area contributed by atoms with Gasteiger partial charge in [0.25, 0.3) is 5.91 Å². The Kier molecular flexibility index (Phi) is 7.14. The number of anilines is 1. The number of thioether (sulfide) groups is 1. The van der Waals surface area contributed by atoms with E-state index in [1.807, 2.05) is 67.6 Å². The van der Waals surface area contributed by atoms with E-state index >= 15 is 0 Å². The van der Waals surface area contributed by atoms with Crippen molar-refractivity contribution in [3.63, 3.8) is 0 Å². The number of methoxy groups -OCH3 is 1. The molecule has 36 heavy (non-hydrogen) atoms. The van der Waals surface area contributed by atoms with E-state index in [4.69, 9.17) is 21.7 Å². The van der Waals surface area contributed by atoms with Crippen molar-refractivity contribution in [1.29, 1.82) is 0 Å². The number of hydrogen-bond donors (Lipinski definition) is 0. The van der Waals surface area contributed by atoms with Gasteiger partial charge in [-0.1, -0.05) is 84.6 Å². The van der Waals surface area contributed by atoms with Gasteiger partial charge in [0.15, 0.2) is 15.8 Å². The lowest BCUT2D eigenvalue weighted by Crippen LogP contribution is -2.28. The Morgan fingerprint density at radius 2 is 1.78 bits per heavy atom. The lowest BCUT2D eigenvalue weighted by Gasteiger charge is -2.16. The lowest BCUT2D eigenvalue weighted by atomic mass is 10.1. The molecule has 0 spiro atoms. The molecular weight excluding hydrogens is 554 g/mol. The Bertz CT molecular complexity index is 1530. The number of amides is 1. The molecule has 0 saturated carbocycles. The molecule has 0 bridgehead atoms. The number of fused-ring (bicyclic) bond motifs is 1. The van der Waals surface area contributed by atoms with Gasteiger partial charge in [0.05, 0.1) is 22.2 Å². The zero-order valence-electron chi connectivity index (χ0n) is 19.7. The second kappa shape index (κ2) is 10.5. The number of halogens is 1. The number of carbonyl (C=O) groups is 1. The molecule has 4 aromatic rings. The van der Waals surface area contributed by atoms with Gasteiger partial charge in [-0.25, -0.2) is 0 Å². The minimum atomic E-state index is -0.134. The summed E-state index contributed by atoms with van der Waals surface area (Å²) in [6.45, 7) is 2.36. The molecule has 0 N–H and O–H groups in total. The van der Waals surface area contributed by atoms with Gasteiger partial charge in [0, 0.05) is 0 Å². The molecule has 0 unspecified atom stereocenters. The number of rotatable bonds is 6. The maximum Gasteiger partial charge on any atom is 0.270 e. The summed E-state index contributed by atoms with van der Waals surface area (Å²) in [5.41, 5.74) is 3.69. The van der Waals surface area contributed by atoms with Crippen LogP contribution in [0.2, 0.25) is 0 Å². The summed E-state index contributed by atoms with van der Waals surface area (Å²) in [6.07, 6.45) is 1.83. The van der Waals surface area contributed by atoms with Crippen LogP contribution in [0.5, 0.6) is 11.5 Å². The summed E-state index contributed by atoms with van der Waals surface area (Å²) in [7, 11) is 1.61. The molecule has 1 aliphatic rings. The normalized spacial score (nSPS) is 14.6. The highest BCUT2D eigenvalue weighted by molar-refractivity contribution is 9.10. The van der Waals surface area contributed by atoms with Crippen LogP contribution in [0.15, 0.2) is 88.2 Å². The highest BCUT2D eigenvalue weighted by atomic mass is 79.9. The number of hydrogen-bond acceptors (Lipinski definition) is 5. The van der Waals surface area contributed by atoms with Crippen molar-refractivity contribution in [3.8, 4) is 11.5 Å². The van der Waals surface area contributed by atoms with E-state index in [2.05, 4.69) is 40.2 Å². The van der Waals surface area contributed by atoms with Crippen molar-refractivity contribution in [2.75, 3.05) is 12.0 Å². The standard InChI is InChI=1S/C29H22BrNO3S2/c1-18-8-3-6-13-24(18)31-28(32)26(36-29(31)35)16-19-14-23(30)27(25(15-19)33-2)34-17-21-11-7-10-20-9-4-5-12-22(20)21/h3-16H,17H2,1-2H3/b26-16+. The van der Waals surface area contributed by atoms with Crippen molar-refractivity contribution in [2.45, 2.75) is 13.5 Å². The van der Waals surface area contributed by atoms with Crippen LogP contribution in [-0.4, -0.2) is 17.3 Å². The van der Waals surface area contributed by atoms with Gasteiger partial charge in [-0.15, -0.1) is 0 Å². The maximum atomic E-state index is 13.2. The summed E-state index contributed by atoms with van der Waals surface area (Å²) >= 11 is 10.5. The number of thiocarbonyl (C=S) groups is 1. The molecule has 4 aromatic carbocycles. The summed E-state index contributed by atoms with van der Waals surface area (Å²) in [5, 5.41) is 2.32. The van der Waals surface area contributed by atoms with Crippen LogP contribution in [0.25, 0.3) is 16.8 Å². The number of carbonyl (C=O) groups excluding carboxylic acids is 1. The Labute approximate surface area is 228 Å². The van der Waals surface area contributed by atoms with E-state index in [0.29, 0.717) is 27.3 Å². The van der Waals surface area contributed by atoms with Crippen molar-refractivity contribution in [2.24, 2.45) is 0 Å². The fourth-order valence-corrected chi connectivity index (χ4v) is 6.03. The molecular formula is C29H22BrNO3S2. The zero-order valence-corrected chi connectivity index (χ0v) is 22.9. The van der Waals surface area contributed by atoms with Gasteiger partial charge < -0.3 is 9.47 Å². The minimum Gasteiger partial charge on any atom is -0.493 e. The van der Waals surface area contributed by atoms with Crippen LogP contribution >= 0.6 is 39.9 Å². The predicted octanol–water partition coefficient (Wildman–Crippen LogP) is 7.90. The van der Waals surface area contributed by atoms with Crippen molar-refractivity contribution < 1.29 is 14.3 Å². The first kappa shape index (κ1) is 24.6. The van der Waals surface area contributed by atoms with Crippen molar-refractivity contribution in [3.05, 3.63) is 105 Å². The average molecular weight is 577 g/mol. The first-order valence-electron chi connectivity index (χ1n) is 11.3. The number of nitrogens with zero attached hydrogens (tertiary/aromatic N) is 1. The molecule has 7 heteroatoms. The molecule has 4 nitrogen and oxygen atoms in total. The molecule has 0 atom stereocenters. The van der Waals surface area contributed by atoms with Gasteiger partial charge in [-0.05, 0) is 74.6 Å². The van der Waals surface area contributed by atoms with Gasteiger partial charge in [-0.3, -0.25) is 9.69 Å². The summed E-state index contributed by atoms with van der Waals surface area (Å²) in [5.74, 6) is 1.05. The Hall–Kier alpha value is -3.13. The third-order valence-corrected chi connectivity index (χ3v) is 7.84. The highest BCUT2D eigenvalue weighted by Crippen LogP contribution is 2.41. The number of ether oxygens (including phenoxy) is 2. The van der Waals surface area contributed by atoms with Crippen molar-refractivity contribution >= 4 is 72.7 Å². The molecule has 5 rings (SSSR count). The Balaban J connectivity index is 1.41. The van der Waals surface area contributed by atoms with E-state index in [1.54, 1.807) is 12.0 Å². The van der Waals surface area contributed by atoms with Gasteiger partial charge >= 0.3 is 0 Å². The largest absolute Gasteiger partial charge is 0.493 e. The second-order valence-corrected chi connectivity index (χ2v) is 10.8. The van der Waals surface area contributed by atoms with Crippen LogP contribution in [0.1, 0.15) is 16.7 Å². The average Bonchev–Trinajstić information content (AvgIpc) is 3.15. The third-order valence-electron chi connectivity index (χ3n) is 5.95. The molecule has 0 aromatic heterocycles. The summed E-state index contributed by atoms with van der Waals surface area (Å²) in [6, 6.07) is 25.9. The first-order valence-corrected chi connectivity index (χ1v) is 13.3. The van der Waals surface area contributed by atoms with Crippen LogP contribution in [-0.2, 0) is 11.4 Å². The fraction of sp³-hybridized carbons (Fsp3) is 0.103. The molecule has 1 amide bonds. The topological polar surface area (TPSA) is 38.8 Å². The SMILES string of the molecule is COc1cc(/C=C2/SC(=S)N(c3ccccc3C)C2=O)cc(Br)c1OCc1cccc2ccccc12. The van der Waals surface area contributed by atoms with Crippen LogP contribution in [0.4, 0.5) is 5.69 Å². The molecule has 0 radical (unpaired) electrons. The van der Waals surface area contributed by atoms with Crippen LogP contribution < -0.4 is 14.4 Å². The molecule has 0 aliphatic carbocycles. The van der Waals surface area contributed by atoms with E-state index < -0.39 is 0 Å². The van der Waals surface area contributed by atoms with Crippen LogP contribution in [0, 0.1) is 6.92 Å². The zero-order chi connectivity index (χ0) is 25.2. The van der Waals surface area contributed by atoms with E-state index in [0.717, 1.165) is 32.2 Å². The Morgan fingerprint density at radius 1 is 1.03 bits per heavy atom. The fourth-order valence-electron chi connectivity index (χ4n) is 4.17. The second-order valence-electron chi connectivity index (χ2n) is 8.26. The quantitative estimate of drug-likeness (QED) is 0.172. The predicted molar refractivity (Wildman–Crippen MR) is 156 cm³/mol. The van der Waals surface area contributed by atoms with Crippen molar-refractivity contribution in [1.82, 2.24) is 0 Å². The van der Waals surface area contributed by atoms with E-state index in [9.17, 15) is 4.79 Å². The van der Waals surface area contributed by atoms with Gasteiger partial charge in [0.1, 0.15) is 6.61 Å². The molecule has 1 fully saturated rings. The molecule has 180 valence electrons. The minimum absolute atomic E-state index is 0.134. The molecule has 1 aliphatic heterocycles. The van der Waals surface area contributed by atoms with Crippen LogP contribution in [0.3, 0.4) is 0 Å². The third kappa shape index (κ3) is 4.78. The molecule has 1 saturated heterocycles. The smallest absolute Gasteiger partial charge is 0.270 e. The summed E-state index contributed by atoms with van der Waals surface area (Å²) in [4.78, 5) is 15.4. The number of aryl methyl sites for hydroxylation is 1. The summed E-state index contributed by atoms with van der Waals surface area (Å²) < 4.78 is 13.1.